The number of urea groups is 1. The normalized spacial score (nSPS) is 19.0. The van der Waals surface area contributed by atoms with E-state index in [0.717, 1.165) is 4.90 Å². The zero-order valence-corrected chi connectivity index (χ0v) is 16.6. The molecule has 1 fully saturated rings. The number of benzene rings is 2. The zero-order chi connectivity index (χ0) is 20.8. The molecule has 0 aliphatic carbocycles. The molecule has 0 spiro atoms. The molecule has 1 atom stereocenters. The van der Waals surface area contributed by atoms with Crippen molar-refractivity contribution in [3.8, 4) is 11.5 Å². The van der Waals surface area contributed by atoms with Gasteiger partial charge in [0.25, 0.3) is 5.91 Å². The largest absolute Gasteiger partial charge is 0.444 e. The van der Waals surface area contributed by atoms with Crippen LogP contribution in [0.5, 0.6) is 0 Å². The monoisotopic (exact) mass is 433 g/mol. The topological polar surface area (TPSA) is 75.4 Å². The molecule has 2 aromatic carbocycles. The van der Waals surface area contributed by atoms with Crippen molar-refractivity contribution in [2.75, 3.05) is 0 Å². The van der Waals surface area contributed by atoms with E-state index in [-0.39, 0.29) is 17.5 Å². The average molecular weight is 434 g/mol. The van der Waals surface area contributed by atoms with Crippen molar-refractivity contribution in [2.45, 2.75) is 19.0 Å². The van der Waals surface area contributed by atoms with Crippen molar-refractivity contribution in [1.82, 2.24) is 15.2 Å². The molecule has 1 saturated heterocycles. The number of rotatable bonds is 4. The molecule has 0 bridgehead atoms. The van der Waals surface area contributed by atoms with Gasteiger partial charge in [0.05, 0.1) is 12.2 Å². The van der Waals surface area contributed by atoms with Gasteiger partial charge in [-0.05, 0) is 37.3 Å². The Bertz CT molecular complexity index is 1130. The van der Waals surface area contributed by atoms with Gasteiger partial charge >= 0.3 is 6.03 Å². The van der Waals surface area contributed by atoms with Gasteiger partial charge in [-0.1, -0.05) is 35.3 Å². The predicted octanol–water partition coefficient (Wildman–Crippen LogP) is 4.75. The van der Waals surface area contributed by atoms with Gasteiger partial charge in [0.15, 0.2) is 0 Å². The number of nitrogens with one attached hydrogen (secondary N) is 1. The van der Waals surface area contributed by atoms with Crippen LogP contribution in [0.2, 0.25) is 10.0 Å². The molecule has 148 valence electrons. The van der Waals surface area contributed by atoms with Gasteiger partial charge in [0.2, 0.25) is 5.89 Å². The number of imide groups is 1. The summed E-state index contributed by atoms with van der Waals surface area (Å²) in [6, 6.07) is 9.89. The Balaban J connectivity index is 1.59. The van der Waals surface area contributed by atoms with E-state index in [1.807, 2.05) is 0 Å². The van der Waals surface area contributed by atoms with Crippen molar-refractivity contribution < 1.29 is 18.4 Å². The van der Waals surface area contributed by atoms with E-state index in [1.54, 1.807) is 25.1 Å². The maximum atomic E-state index is 13.4. The Kier molecular flexibility index (Phi) is 4.80. The van der Waals surface area contributed by atoms with E-state index in [0.29, 0.717) is 21.8 Å². The second-order valence-electron chi connectivity index (χ2n) is 6.72. The van der Waals surface area contributed by atoms with Crippen LogP contribution in [0.25, 0.3) is 11.5 Å². The second kappa shape index (κ2) is 7.17. The van der Waals surface area contributed by atoms with Crippen LogP contribution in [0, 0.1) is 5.82 Å². The molecule has 3 aromatic rings. The van der Waals surface area contributed by atoms with E-state index in [9.17, 15) is 14.0 Å². The van der Waals surface area contributed by atoms with Crippen molar-refractivity contribution in [1.29, 1.82) is 0 Å². The second-order valence-corrected chi connectivity index (χ2v) is 7.57. The highest BCUT2D eigenvalue weighted by molar-refractivity contribution is 6.35. The Hall–Kier alpha value is -2.90. The maximum absolute atomic E-state index is 13.4. The number of nitrogens with zero attached hydrogens (tertiary/aromatic N) is 2. The van der Waals surface area contributed by atoms with Gasteiger partial charge in [-0.15, -0.1) is 0 Å². The lowest BCUT2D eigenvalue weighted by Gasteiger charge is -2.23. The Labute approximate surface area is 175 Å². The summed E-state index contributed by atoms with van der Waals surface area (Å²) in [6.07, 6.45) is 1.33. The minimum absolute atomic E-state index is 0.107. The lowest BCUT2D eigenvalue weighted by molar-refractivity contribution is -0.131. The van der Waals surface area contributed by atoms with Crippen molar-refractivity contribution in [3.63, 3.8) is 0 Å². The van der Waals surface area contributed by atoms with E-state index in [2.05, 4.69) is 10.3 Å². The Morgan fingerprint density at radius 1 is 1.21 bits per heavy atom. The van der Waals surface area contributed by atoms with Crippen LogP contribution >= 0.6 is 23.2 Å². The highest BCUT2D eigenvalue weighted by atomic mass is 35.5. The first-order valence-electron chi connectivity index (χ1n) is 8.58. The van der Waals surface area contributed by atoms with E-state index >= 15 is 0 Å². The lowest BCUT2D eigenvalue weighted by atomic mass is 9.92. The summed E-state index contributed by atoms with van der Waals surface area (Å²) in [7, 11) is 0. The highest BCUT2D eigenvalue weighted by Crippen LogP contribution is 2.35. The maximum Gasteiger partial charge on any atom is 0.325 e. The van der Waals surface area contributed by atoms with E-state index in [1.165, 1.54) is 30.5 Å². The first-order valence-corrected chi connectivity index (χ1v) is 9.33. The highest BCUT2D eigenvalue weighted by Gasteiger charge is 2.50. The summed E-state index contributed by atoms with van der Waals surface area (Å²) in [5.74, 6) is -0.718. The van der Waals surface area contributed by atoms with Crippen LogP contribution in [0.4, 0.5) is 9.18 Å². The smallest absolute Gasteiger partial charge is 0.325 e. The lowest BCUT2D eigenvalue weighted by Crippen LogP contribution is -2.41. The van der Waals surface area contributed by atoms with Crippen molar-refractivity contribution >= 4 is 35.1 Å². The summed E-state index contributed by atoms with van der Waals surface area (Å²) >= 11 is 12.2. The molecule has 3 amide bonds. The van der Waals surface area contributed by atoms with Gasteiger partial charge < -0.3 is 9.73 Å². The number of carbonyl (C=O) groups is 2. The van der Waals surface area contributed by atoms with Gasteiger partial charge in [-0.3, -0.25) is 9.69 Å². The fourth-order valence-electron chi connectivity index (χ4n) is 3.21. The van der Waals surface area contributed by atoms with Gasteiger partial charge in [0.1, 0.15) is 17.6 Å². The summed E-state index contributed by atoms with van der Waals surface area (Å²) in [6.45, 7) is 1.47. The summed E-state index contributed by atoms with van der Waals surface area (Å²) < 4.78 is 18.8. The van der Waals surface area contributed by atoms with Crippen molar-refractivity contribution in [3.05, 3.63) is 75.8 Å². The number of hydrogen-bond donors (Lipinski definition) is 1. The van der Waals surface area contributed by atoms with Crippen LogP contribution in [-0.2, 0) is 16.9 Å². The first-order chi connectivity index (χ1) is 13.8. The number of carbonyl (C=O) groups excluding carboxylic acids is 2. The molecule has 0 saturated carbocycles. The van der Waals surface area contributed by atoms with Crippen LogP contribution in [-0.4, -0.2) is 21.8 Å². The SMILES string of the molecule is CC1(c2ccc(Cl)cc2Cl)NC(=O)N(Cc2coc(-c3cccc(F)c3)n2)C1=O. The molecule has 1 aliphatic heterocycles. The zero-order valence-electron chi connectivity index (χ0n) is 15.1. The molecule has 29 heavy (non-hydrogen) atoms. The summed E-state index contributed by atoms with van der Waals surface area (Å²) in [5.41, 5.74) is -0.107. The Morgan fingerprint density at radius 2 is 2.00 bits per heavy atom. The molecule has 1 unspecified atom stereocenters. The van der Waals surface area contributed by atoms with Crippen LogP contribution in [0.1, 0.15) is 18.2 Å². The average Bonchev–Trinajstić information content (AvgIpc) is 3.21. The molecular weight excluding hydrogens is 420 g/mol. The standard InChI is InChI=1S/C20H14Cl2FN3O3/c1-20(15-6-5-12(21)8-16(15)22)18(27)26(19(28)25-20)9-14-10-29-17(24-14)11-3-2-4-13(23)7-11/h2-8,10H,9H2,1H3,(H,25,28). The van der Waals surface area contributed by atoms with Gasteiger partial charge in [-0.25, -0.2) is 14.2 Å². The Morgan fingerprint density at radius 3 is 2.72 bits per heavy atom. The van der Waals surface area contributed by atoms with Gasteiger partial charge in [0, 0.05) is 21.2 Å². The first kappa shape index (κ1) is 19.4. The quantitative estimate of drug-likeness (QED) is 0.602. The van der Waals surface area contributed by atoms with Crippen LogP contribution < -0.4 is 5.32 Å². The summed E-state index contributed by atoms with van der Waals surface area (Å²) in [4.78, 5) is 30.8. The van der Waals surface area contributed by atoms with Crippen LogP contribution in [0.3, 0.4) is 0 Å². The molecule has 1 N–H and O–H groups in total. The van der Waals surface area contributed by atoms with Crippen LogP contribution in [0.15, 0.2) is 53.1 Å². The number of hydrogen-bond acceptors (Lipinski definition) is 4. The molecule has 2 heterocycles. The van der Waals surface area contributed by atoms with E-state index < -0.39 is 23.3 Å². The fourth-order valence-corrected chi connectivity index (χ4v) is 3.81. The molecule has 1 aliphatic rings. The van der Waals surface area contributed by atoms with Crippen molar-refractivity contribution in [2.24, 2.45) is 0 Å². The third-order valence-corrected chi connectivity index (χ3v) is 5.24. The number of oxazole rings is 1. The minimum atomic E-state index is -1.34. The van der Waals surface area contributed by atoms with Gasteiger partial charge in [-0.2, -0.15) is 0 Å². The molecule has 1 aromatic heterocycles. The molecule has 0 radical (unpaired) electrons. The third-order valence-electron chi connectivity index (χ3n) is 4.69. The number of halogens is 3. The molecule has 9 heteroatoms. The molecular formula is C20H14Cl2FN3O3. The number of amides is 3. The number of aromatic nitrogens is 1. The summed E-state index contributed by atoms with van der Waals surface area (Å²) in [5, 5.41) is 3.36. The minimum Gasteiger partial charge on any atom is -0.444 e. The fraction of sp³-hybridized carbons (Fsp3) is 0.150. The molecule has 6 nitrogen and oxygen atoms in total. The van der Waals surface area contributed by atoms with E-state index in [4.69, 9.17) is 27.6 Å². The molecule has 4 rings (SSSR count). The predicted molar refractivity (Wildman–Crippen MR) is 105 cm³/mol. The third kappa shape index (κ3) is 3.47.